The molecule has 0 radical (unpaired) electrons. The highest BCUT2D eigenvalue weighted by atomic mass is 35.7. The van der Waals surface area contributed by atoms with Crippen LogP contribution in [0, 0.1) is 5.82 Å². The van der Waals surface area contributed by atoms with Crippen molar-refractivity contribution in [2.75, 3.05) is 13.2 Å². The van der Waals surface area contributed by atoms with Crippen molar-refractivity contribution in [1.29, 1.82) is 0 Å². The Bertz CT molecular complexity index is 631. The summed E-state index contributed by atoms with van der Waals surface area (Å²) >= 11 is 5.63. The van der Waals surface area contributed by atoms with Crippen LogP contribution in [0.1, 0.15) is 24.2 Å². The number of carbonyl (C=O) groups excluding carboxylic acids is 1. The minimum atomic E-state index is -4.19. The first-order valence-corrected chi connectivity index (χ1v) is 8.54. The number of esters is 1. The zero-order valence-corrected chi connectivity index (χ0v) is 13.6. The average Bonchev–Trinajstić information content (AvgIpc) is 2.35. The molecule has 118 valence electrons. The van der Waals surface area contributed by atoms with E-state index in [1.807, 2.05) is 13.8 Å². The van der Waals surface area contributed by atoms with Crippen LogP contribution in [-0.2, 0) is 18.5 Å². The Labute approximate surface area is 131 Å². The SMILES string of the molecule is CC(C)OCCOC(=O)c1cc(S(=O)(=O)Cl)cc(F)c1Cl. The van der Waals surface area contributed by atoms with Crippen molar-refractivity contribution in [2.45, 2.75) is 24.8 Å². The first kappa shape index (κ1) is 18.2. The van der Waals surface area contributed by atoms with E-state index in [2.05, 4.69) is 0 Å². The molecule has 9 heteroatoms. The highest BCUT2D eigenvalue weighted by Gasteiger charge is 2.21. The van der Waals surface area contributed by atoms with E-state index < -0.39 is 36.3 Å². The highest BCUT2D eigenvalue weighted by Crippen LogP contribution is 2.26. The molecule has 0 aliphatic rings. The van der Waals surface area contributed by atoms with Crippen LogP contribution >= 0.6 is 22.3 Å². The van der Waals surface area contributed by atoms with Crippen LogP contribution in [-0.4, -0.2) is 33.7 Å². The van der Waals surface area contributed by atoms with Crippen LogP contribution in [0.4, 0.5) is 4.39 Å². The van der Waals surface area contributed by atoms with Gasteiger partial charge in [-0.25, -0.2) is 17.6 Å². The summed E-state index contributed by atoms with van der Waals surface area (Å²) in [6.45, 7) is 3.69. The van der Waals surface area contributed by atoms with Gasteiger partial charge in [-0.15, -0.1) is 0 Å². The molecule has 21 heavy (non-hydrogen) atoms. The monoisotopic (exact) mass is 358 g/mol. The quantitative estimate of drug-likeness (QED) is 0.444. The van der Waals surface area contributed by atoms with Crippen molar-refractivity contribution in [3.8, 4) is 0 Å². The van der Waals surface area contributed by atoms with Crippen LogP contribution in [0.15, 0.2) is 17.0 Å². The van der Waals surface area contributed by atoms with Crippen molar-refractivity contribution < 1.29 is 27.1 Å². The second-order valence-corrected chi connectivity index (χ2v) is 7.20. The van der Waals surface area contributed by atoms with Gasteiger partial charge in [0.15, 0.2) is 0 Å². The molecule has 0 atom stereocenters. The van der Waals surface area contributed by atoms with E-state index >= 15 is 0 Å². The predicted octanol–water partition coefficient (Wildman–Crippen LogP) is 2.99. The maximum absolute atomic E-state index is 13.5. The van der Waals surface area contributed by atoms with Gasteiger partial charge >= 0.3 is 5.97 Å². The minimum absolute atomic E-state index is 0.0329. The predicted molar refractivity (Wildman–Crippen MR) is 75.8 cm³/mol. The van der Waals surface area contributed by atoms with Gasteiger partial charge in [0, 0.05) is 10.7 Å². The van der Waals surface area contributed by atoms with Gasteiger partial charge in [-0.2, -0.15) is 0 Å². The number of hydrogen-bond donors (Lipinski definition) is 0. The molecule has 0 saturated heterocycles. The van der Waals surface area contributed by atoms with Gasteiger partial charge in [-0.3, -0.25) is 0 Å². The third kappa shape index (κ3) is 5.43. The molecule has 0 aliphatic heterocycles. The second-order valence-electron chi connectivity index (χ2n) is 4.26. The van der Waals surface area contributed by atoms with E-state index in [0.29, 0.717) is 6.07 Å². The number of halogens is 3. The second kappa shape index (κ2) is 7.40. The Morgan fingerprint density at radius 2 is 1.95 bits per heavy atom. The smallest absolute Gasteiger partial charge is 0.339 e. The normalized spacial score (nSPS) is 11.7. The Kier molecular flexibility index (Phi) is 6.40. The Hall–Kier alpha value is -0.890. The van der Waals surface area contributed by atoms with E-state index in [0.717, 1.165) is 6.07 Å². The van der Waals surface area contributed by atoms with Crippen molar-refractivity contribution in [3.05, 3.63) is 28.5 Å². The molecule has 0 fully saturated rings. The maximum atomic E-state index is 13.5. The molecule has 0 saturated carbocycles. The summed E-state index contributed by atoms with van der Waals surface area (Å²) in [4.78, 5) is 11.2. The molecule has 0 aromatic heterocycles. The first-order valence-electron chi connectivity index (χ1n) is 5.85. The summed E-state index contributed by atoms with van der Waals surface area (Å²) < 4.78 is 45.9. The number of carbonyl (C=O) groups is 1. The number of ether oxygens (including phenoxy) is 2. The van der Waals surface area contributed by atoms with Crippen LogP contribution in [0.2, 0.25) is 5.02 Å². The Balaban J connectivity index is 2.91. The topological polar surface area (TPSA) is 69.7 Å². The van der Waals surface area contributed by atoms with Crippen molar-refractivity contribution in [1.82, 2.24) is 0 Å². The number of hydrogen-bond acceptors (Lipinski definition) is 5. The van der Waals surface area contributed by atoms with Gasteiger partial charge < -0.3 is 9.47 Å². The molecule has 0 N–H and O–H groups in total. The van der Waals surface area contributed by atoms with Crippen LogP contribution in [0.25, 0.3) is 0 Å². The van der Waals surface area contributed by atoms with Gasteiger partial charge in [0.05, 0.1) is 28.2 Å². The summed E-state index contributed by atoms with van der Waals surface area (Å²) in [5.74, 6) is -2.04. The summed E-state index contributed by atoms with van der Waals surface area (Å²) in [6, 6.07) is 1.49. The highest BCUT2D eigenvalue weighted by molar-refractivity contribution is 8.13. The summed E-state index contributed by atoms with van der Waals surface area (Å²) in [5, 5.41) is -0.533. The number of rotatable bonds is 6. The molecule has 0 spiro atoms. The van der Waals surface area contributed by atoms with Crippen molar-refractivity contribution in [2.24, 2.45) is 0 Å². The number of benzene rings is 1. The lowest BCUT2D eigenvalue weighted by atomic mass is 10.2. The zero-order chi connectivity index (χ0) is 16.2. The Morgan fingerprint density at radius 1 is 1.33 bits per heavy atom. The summed E-state index contributed by atoms with van der Waals surface area (Å²) in [7, 11) is 0.918. The lowest BCUT2D eigenvalue weighted by Gasteiger charge is -2.10. The summed E-state index contributed by atoms with van der Waals surface area (Å²) in [5.41, 5.74) is -0.416. The lowest BCUT2D eigenvalue weighted by molar-refractivity contribution is 0.0176. The first-order chi connectivity index (χ1) is 9.62. The molecule has 1 aromatic rings. The van der Waals surface area contributed by atoms with E-state index in [1.165, 1.54) is 0 Å². The van der Waals surface area contributed by atoms with Crippen molar-refractivity contribution in [3.63, 3.8) is 0 Å². The van der Waals surface area contributed by atoms with E-state index in [1.54, 1.807) is 0 Å². The molecule has 0 bridgehead atoms. The molecule has 0 unspecified atom stereocenters. The molecule has 5 nitrogen and oxygen atoms in total. The molecule has 1 rings (SSSR count). The third-order valence-corrected chi connectivity index (χ3v) is 3.99. The van der Waals surface area contributed by atoms with Gasteiger partial charge in [0.2, 0.25) is 0 Å². The standard InChI is InChI=1S/C12H13Cl2FO5S/c1-7(2)19-3-4-20-12(16)9-5-8(21(14,17)18)6-10(15)11(9)13/h5-7H,3-4H2,1-2H3. The van der Waals surface area contributed by atoms with E-state index in [9.17, 15) is 17.6 Å². The van der Waals surface area contributed by atoms with Gasteiger partial charge in [-0.1, -0.05) is 11.6 Å². The molecule has 0 heterocycles. The summed E-state index contributed by atoms with van der Waals surface area (Å²) in [6.07, 6.45) is -0.0329. The van der Waals surface area contributed by atoms with Gasteiger partial charge in [-0.05, 0) is 26.0 Å². The fourth-order valence-electron chi connectivity index (χ4n) is 1.35. The van der Waals surface area contributed by atoms with Crippen LogP contribution in [0.3, 0.4) is 0 Å². The van der Waals surface area contributed by atoms with Crippen molar-refractivity contribution >= 4 is 37.3 Å². The Morgan fingerprint density at radius 3 is 2.48 bits per heavy atom. The van der Waals surface area contributed by atoms with E-state index in [-0.39, 0.29) is 19.3 Å². The third-order valence-electron chi connectivity index (χ3n) is 2.27. The molecular formula is C12H13Cl2FO5S. The zero-order valence-electron chi connectivity index (χ0n) is 11.2. The molecule has 0 amide bonds. The minimum Gasteiger partial charge on any atom is -0.460 e. The van der Waals surface area contributed by atoms with Gasteiger partial charge in [0.1, 0.15) is 12.4 Å². The maximum Gasteiger partial charge on any atom is 0.339 e. The average molecular weight is 359 g/mol. The lowest BCUT2D eigenvalue weighted by Crippen LogP contribution is -2.14. The fraction of sp³-hybridized carbons (Fsp3) is 0.417. The fourth-order valence-corrected chi connectivity index (χ4v) is 2.31. The van der Waals surface area contributed by atoms with Gasteiger partial charge in [0.25, 0.3) is 9.05 Å². The largest absolute Gasteiger partial charge is 0.460 e. The molecule has 0 aliphatic carbocycles. The molecular weight excluding hydrogens is 346 g/mol. The van der Waals surface area contributed by atoms with E-state index in [4.69, 9.17) is 31.8 Å². The van der Waals surface area contributed by atoms with Crippen LogP contribution in [0.5, 0.6) is 0 Å². The van der Waals surface area contributed by atoms with Crippen LogP contribution < -0.4 is 0 Å². The molecule has 1 aromatic carbocycles.